The van der Waals surface area contributed by atoms with E-state index in [0.29, 0.717) is 4.47 Å². The molecule has 0 N–H and O–H groups in total. The summed E-state index contributed by atoms with van der Waals surface area (Å²) < 4.78 is 33.4. The molecule has 2 nitrogen and oxygen atoms in total. The Bertz CT molecular complexity index is 343. The van der Waals surface area contributed by atoms with E-state index >= 15 is 0 Å². The molecule has 0 aromatic heterocycles. The highest BCUT2D eigenvalue weighted by Crippen LogP contribution is 2.15. The van der Waals surface area contributed by atoms with E-state index in [-0.39, 0.29) is 4.90 Å². The van der Waals surface area contributed by atoms with E-state index in [4.69, 9.17) is 0 Å². The van der Waals surface area contributed by atoms with Gasteiger partial charge in [0.2, 0.25) is 0 Å². The van der Waals surface area contributed by atoms with Crippen LogP contribution in [0.15, 0.2) is 33.6 Å². The summed E-state index contributed by atoms with van der Waals surface area (Å²) in [4.78, 5) is -0.319. The van der Waals surface area contributed by atoms with Gasteiger partial charge in [-0.3, -0.25) is 0 Å². The lowest BCUT2D eigenvalue weighted by atomic mass is 10.4. The van der Waals surface area contributed by atoms with Crippen molar-refractivity contribution in [1.29, 1.82) is 0 Å². The van der Waals surface area contributed by atoms with Gasteiger partial charge in [-0.2, -0.15) is 8.42 Å². The topological polar surface area (TPSA) is 34.1 Å². The highest BCUT2D eigenvalue weighted by molar-refractivity contribution is 9.10. The van der Waals surface area contributed by atoms with Crippen molar-refractivity contribution in [3.05, 3.63) is 28.7 Å². The van der Waals surface area contributed by atoms with E-state index in [1.807, 2.05) is 0 Å². The van der Waals surface area contributed by atoms with Gasteiger partial charge in [-0.15, -0.1) is 3.89 Å². The molecule has 0 radical (unpaired) electrons. The maximum Gasteiger partial charge on any atom is 0.332 e. The minimum absolute atomic E-state index is 0.319. The Morgan fingerprint density at radius 3 is 2.00 bits per heavy atom. The van der Waals surface area contributed by atoms with Gasteiger partial charge in [0.1, 0.15) is 0 Å². The average molecular weight is 238 g/mol. The summed E-state index contributed by atoms with van der Waals surface area (Å²) in [6.07, 6.45) is 0. The van der Waals surface area contributed by atoms with Gasteiger partial charge in [0.25, 0.3) is 0 Å². The number of hydrogen-bond acceptors (Lipinski definition) is 2. The molecule has 0 saturated heterocycles. The molecule has 0 aliphatic rings. The predicted octanol–water partition coefficient (Wildman–Crippen LogP) is 2.11. The van der Waals surface area contributed by atoms with Crippen LogP contribution < -0.4 is 0 Å². The summed E-state index contributed by atoms with van der Waals surface area (Å²) in [5, 5.41) is 0. The first-order valence-corrected chi connectivity index (χ1v) is 4.88. The highest BCUT2D eigenvalue weighted by atomic mass is 79.9. The Morgan fingerprint density at radius 2 is 1.64 bits per heavy atom. The lowest BCUT2D eigenvalue weighted by Gasteiger charge is -1.92. The second kappa shape index (κ2) is 2.91. The molecule has 0 atom stereocenters. The van der Waals surface area contributed by atoms with Gasteiger partial charge in [-0.25, -0.2) is 0 Å². The summed E-state index contributed by atoms with van der Waals surface area (Å²) in [5.74, 6) is 0. The second-order valence-corrected chi connectivity index (χ2v) is 4.15. The van der Waals surface area contributed by atoms with Crippen LogP contribution in [0.4, 0.5) is 3.89 Å². The van der Waals surface area contributed by atoms with E-state index in [9.17, 15) is 12.3 Å². The van der Waals surface area contributed by atoms with Crippen molar-refractivity contribution >= 4 is 26.2 Å². The smallest absolute Gasteiger partial charge is 0.189 e. The van der Waals surface area contributed by atoms with E-state index < -0.39 is 10.2 Å². The standard InChI is InChI=1S/C6H4BrFO2S/c7-5-1-3-6(4-2-5)11(8,9)10/h1-4H/i8-1. The molecule has 0 saturated carbocycles. The minimum Gasteiger partial charge on any atom is -0.189 e. The summed E-state index contributed by atoms with van der Waals surface area (Å²) >= 11 is 3.09. The van der Waals surface area contributed by atoms with Crippen molar-refractivity contribution in [2.75, 3.05) is 0 Å². The summed E-state index contributed by atoms with van der Waals surface area (Å²) in [7, 11) is -4.54. The minimum atomic E-state index is -4.54. The lowest BCUT2D eigenvalue weighted by Crippen LogP contribution is -1.89. The number of benzene rings is 1. The van der Waals surface area contributed by atoms with Crippen LogP contribution in [0, 0.1) is 0 Å². The Morgan fingerprint density at radius 1 is 1.18 bits per heavy atom. The number of hydrogen-bond donors (Lipinski definition) is 0. The molecule has 0 aliphatic carbocycles. The molecule has 1 aromatic rings. The highest BCUT2D eigenvalue weighted by Gasteiger charge is 2.09. The molecule has 0 heterocycles. The first-order valence-electron chi connectivity index (χ1n) is 2.70. The Balaban J connectivity index is 3.20. The zero-order chi connectivity index (χ0) is 8.48. The second-order valence-electron chi connectivity index (χ2n) is 1.89. The van der Waals surface area contributed by atoms with E-state index in [1.54, 1.807) is 0 Å². The first kappa shape index (κ1) is 8.67. The normalized spacial score (nSPS) is 11.5. The van der Waals surface area contributed by atoms with E-state index in [0.717, 1.165) is 0 Å². The molecular formula is C6H4BrFO2S. The molecule has 5 heteroatoms. The molecule has 0 unspecified atom stereocenters. The third-order valence-corrected chi connectivity index (χ3v) is 2.46. The third-order valence-electron chi connectivity index (χ3n) is 1.10. The van der Waals surface area contributed by atoms with E-state index in [1.165, 1.54) is 24.3 Å². The Hall–Kier alpha value is -0.420. The van der Waals surface area contributed by atoms with Gasteiger partial charge in [0, 0.05) is 4.47 Å². The van der Waals surface area contributed by atoms with Gasteiger partial charge in [0.15, 0.2) is 0 Å². The first-order chi connectivity index (χ1) is 5.00. The van der Waals surface area contributed by atoms with Crippen LogP contribution in [0.3, 0.4) is 0 Å². The van der Waals surface area contributed by atoms with Gasteiger partial charge < -0.3 is 0 Å². The molecule has 1 rings (SSSR count). The van der Waals surface area contributed by atoms with Crippen molar-refractivity contribution in [3.63, 3.8) is 0 Å². The molecule has 0 aliphatic heterocycles. The van der Waals surface area contributed by atoms with Gasteiger partial charge in [0.05, 0.1) is 4.90 Å². The van der Waals surface area contributed by atoms with Gasteiger partial charge in [-0.1, -0.05) is 15.9 Å². The monoisotopic (exact) mass is 237 g/mol. The third kappa shape index (κ3) is 2.27. The van der Waals surface area contributed by atoms with Crippen molar-refractivity contribution < 1.29 is 12.3 Å². The Labute approximate surface area is 72.4 Å². The SMILES string of the molecule is O=S(=O)([18F])c1ccc(Br)cc1. The fraction of sp³-hybridized carbons (Fsp3) is 0. The van der Waals surface area contributed by atoms with E-state index in [2.05, 4.69) is 15.9 Å². The van der Waals surface area contributed by atoms with Crippen molar-refractivity contribution in [2.45, 2.75) is 4.90 Å². The summed E-state index contributed by atoms with van der Waals surface area (Å²) in [5.41, 5.74) is 0. The van der Waals surface area contributed by atoms with Crippen LogP contribution in [-0.4, -0.2) is 8.42 Å². The number of rotatable bonds is 1. The van der Waals surface area contributed by atoms with Crippen LogP contribution in [-0.2, 0) is 10.2 Å². The molecule has 1 aromatic carbocycles. The maximum absolute atomic E-state index is 12.2. The van der Waals surface area contributed by atoms with Gasteiger partial charge >= 0.3 is 10.2 Å². The van der Waals surface area contributed by atoms with Crippen LogP contribution in [0.1, 0.15) is 0 Å². The summed E-state index contributed by atoms with van der Waals surface area (Å²) in [6, 6.07) is 5.32. The van der Waals surface area contributed by atoms with Crippen LogP contribution in [0.25, 0.3) is 0 Å². The van der Waals surface area contributed by atoms with Crippen molar-refractivity contribution in [1.82, 2.24) is 0 Å². The summed E-state index contributed by atoms with van der Waals surface area (Å²) in [6.45, 7) is 0. The zero-order valence-corrected chi connectivity index (χ0v) is 7.69. The molecular weight excluding hydrogens is 234 g/mol. The van der Waals surface area contributed by atoms with Crippen LogP contribution >= 0.6 is 15.9 Å². The van der Waals surface area contributed by atoms with Crippen molar-refractivity contribution in [2.24, 2.45) is 0 Å². The molecule has 0 bridgehead atoms. The van der Waals surface area contributed by atoms with Gasteiger partial charge in [-0.05, 0) is 24.3 Å². The Kier molecular flexibility index (Phi) is 2.29. The maximum atomic E-state index is 12.2. The molecule has 11 heavy (non-hydrogen) atoms. The van der Waals surface area contributed by atoms with Crippen molar-refractivity contribution in [3.8, 4) is 0 Å². The molecule has 0 amide bonds. The average Bonchev–Trinajstić information content (AvgIpc) is 1.86. The quantitative estimate of drug-likeness (QED) is 0.702. The predicted molar refractivity (Wildman–Crippen MR) is 42.4 cm³/mol. The molecule has 0 spiro atoms. The fourth-order valence-corrected chi connectivity index (χ4v) is 1.32. The largest absolute Gasteiger partial charge is 0.332 e. The molecule has 60 valence electrons. The molecule has 0 fully saturated rings. The van der Waals surface area contributed by atoms with Crippen LogP contribution in [0.5, 0.6) is 0 Å². The lowest BCUT2D eigenvalue weighted by molar-refractivity contribution is 0.552. The van der Waals surface area contributed by atoms with Crippen LogP contribution in [0.2, 0.25) is 0 Å². The fourth-order valence-electron chi connectivity index (χ4n) is 0.597. The number of halogens is 2. The zero-order valence-electron chi connectivity index (χ0n) is 5.29.